The summed E-state index contributed by atoms with van der Waals surface area (Å²) >= 11 is 0. The monoisotopic (exact) mass is 351 g/mol. The van der Waals surface area contributed by atoms with Gasteiger partial charge in [-0.25, -0.2) is 8.42 Å². The van der Waals surface area contributed by atoms with Crippen LogP contribution < -0.4 is 10.1 Å². The van der Waals surface area contributed by atoms with Crippen molar-refractivity contribution < 1.29 is 18.1 Å². The summed E-state index contributed by atoms with van der Waals surface area (Å²) in [5.74, 6) is -0.0704. The van der Waals surface area contributed by atoms with Crippen molar-refractivity contribution in [3.05, 3.63) is 28.3 Å². The number of methoxy groups -OCH3 is 1. The standard InChI is InChI=1S/C12H17N3O5S.ClH/c1-14(9-5-6-13-8-9)21(18,19)10-3-4-11(15(16)17)12(7-10)20-2;/h3-4,7,9,13H,5-6,8H2,1-2H3;1H. The maximum Gasteiger partial charge on any atom is 0.310 e. The van der Waals surface area contributed by atoms with Crippen LogP contribution in [0.1, 0.15) is 6.42 Å². The van der Waals surface area contributed by atoms with E-state index in [1.807, 2.05) is 0 Å². The summed E-state index contributed by atoms with van der Waals surface area (Å²) in [6, 6.07) is 3.45. The van der Waals surface area contributed by atoms with Crippen LogP contribution in [0.25, 0.3) is 0 Å². The van der Waals surface area contributed by atoms with Gasteiger partial charge in [-0.1, -0.05) is 0 Å². The lowest BCUT2D eigenvalue weighted by molar-refractivity contribution is -0.385. The van der Waals surface area contributed by atoms with Gasteiger partial charge in [0.25, 0.3) is 0 Å². The van der Waals surface area contributed by atoms with E-state index >= 15 is 0 Å². The van der Waals surface area contributed by atoms with E-state index in [0.717, 1.165) is 19.0 Å². The first-order chi connectivity index (χ1) is 9.87. The van der Waals surface area contributed by atoms with Gasteiger partial charge in [0.15, 0.2) is 5.75 Å². The molecule has 1 heterocycles. The summed E-state index contributed by atoms with van der Waals surface area (Å²) in [4.78, 5) is 10.2. The van der Waals surface area contributed by atoms with Crippen LogP contribution >= 0.6 is 12.4 Å². The van der Waals surface area contributed by atoms with Crippen LogP contribution in [0.5, 0.6) is 5.75 Å². The third-order valence-electron chi connectivity index (χ3n) is 3.57. The van der Waals surface area contributed by atoms with E-state index in [4.69, 9.17) is 4.74 Å². The molecule has 0 bridgehead atoms. The molecule has 1 aromatic rings. The minimum Gasteiger partial charge on any atom is -0.490 e. The Morgan fingerprint density at radius 3 is 2.64 bits per heavy atom. The number of ether oxygens (including phenoxy) is 1. The second-order valence-corrected chi connectivity index (χ2v) is 6.76. The van der Waals surface area contributed by atoms with E-state index < -0.39 is 14.9 Å². The molecule has 1 atom stereocenters. The largest absolute Gasteiger partial charge is 0.490 e. The van der Waals surface area contributed by atoms with Crippen molar-refractivity contribution in [2.75, 3.05) is 27.2 Å². The Balaban J connectivity index is 0.00000242. The normalized spacial score (nSPS) is 18.0. The van der Waals surface area contributed by atoms with Gasteiger partial charge in [0.05, 0.1) is 16.9 Å². The van der Waals surface area contributed by atoms with Gasteiger partial charge in [-0.05, 0) is 19.0 Å². The average molecular weight is 352 g/mol. The Hall–Kier alpha value is -1.42. The highest BCUT2D eigenvalue weighted by Crippen LogP contribution is 2.31. The summed E-state index contributed by atoms with van der Waals surface area (Å²) in [5.41, 5.74) is -0.262. The fourth-order valence-corrected chi connectivity index (χ4v) is 3.68. The number of benzene rings is 1. The van der Waals surface area contributed by atoms with Gasteiger partial charge in [-0.3, -0.25) is 10.1 Å². The number of sulfonamides is 1. The van der Waals surface area contributed by atoms with Crippen molar-refractivity contribution in [2.24, 2.45) is 0 Å². The first kappa shape index (κ1) is 18.6. The lowest BCUT2D eigenvalue weighted by atomic mass is 10.3. The first-order valence-electron chi connectivity index (χ1n) is 6.39. The van der Waals surface area contributed by atoms with Crippen molar-refractivity contribution in [1.29, 1.82) is 0 Å². The number of halogens is 1. The van der Waals surface area contributed by atoms with Crippen LogP contribution in [0.2, 0.25) is 0 Å². The lowest BCUT2D eigenvalue weighted by Crippen LogP contribution is -2.38. The molecule has 0 aromatic heterocycles. The molecule has 124 valence electrons. The highest BCUT2D eigenvalue weighted by molar-refractivity contribution is 7.89. The van der Waals surface area contributed by atoms with Crippen LogP contribution in [-0.2, 0) is 10.0 Å². The minimum absolute atomic E-state index is 0. The number of likely N-dealkylation sites (N-methyl/N-ethyl adjacent to an activating group) is 1. The average Bonchev–Trinajstić information content (AvgIpc) is 2.99. The smallest absolute Gasteiger partial charge is 0.310 e. The van der Waals surface area contributed by atoms with Crippen molar-refractivity contribution in [1.82, 2.24) is 9.62 Å². The quantitative estimate of drug-likeness (QED) is 0.627. The number of nitro benzene ring substituents is 1. The van der Waals surface area contributed by atoms with Crippen LogP contribution in [0.3, 0.4) is 0 Å². The van der Waals surface area contributed by atoms with Crippen LogP contribution in [0.4, 0.5) is 5.69 Å². The number of nitrogens with zero attached hydrogens (tertiary/aromatic N) is 2. The van der Waals surface area contributed by atoms with Gasteiger partial charge in [0.1, 0.15) is 0 Å². The predicted octanol–water partition coefficient (Wildman–Crippen LogP) is 1.01. The van der Waals surface area contributed by atoms with E-state index in [1.165, 1.54) is 30.6 Å². The third kappa shape index (κ3) is 3.49. The Labute approximate surface area is 135 Å². The van der Waals surface area contributed by atoms with Gasteiger partial charge in [-0.2, -0.15) is 4.31 Å². The van der Waals surface area contributed by atoms with Crippen LogP contribution in [0.15, 0.2) is 23.1 Å². The topological polar surface area (TPSA) is 102 Å². The molecule has 1 N–H and O–H groups in total. The molecule has 1 unspecified atom stereocenters. The maximum atomic E-state index is 12.5. The van der Waals surface area contributed by atoms with Gasteiger partial charge in [-0.15, -0.1) is 12.4 Å². The zero-order valence-corrected chi connectivity index (χ0v) is 13.8. The summed E-state index contributed by atoms with van der Waals surface area (Å²) in [7, 11) is -0.925. The van der Waals surface area contributed by atoms with Crippen molar-refractivity contribution in [3.8, 4) is 5.75 Å². The lowest BCUT2D eigenvalue weighted by Gasteiger charge is -2.23. The zero-order chi connectivity index (χ0) is 15.6. The first-order valence-corrected chi connectivity index (χ1v) is 7.83. The number of hydrogen-bond acceptors (Lipinski definition) is 6. The molecule has 1 aromatic carbocycles. The molecule has 1 aliphatic heterocycles. The van der Waals surface area contributed by atoms with Gasteiger partial charge in [0, 0.05) is 31.8 Å². The van der Waals surface area contributed by atoms with Gasteiger partial charge >= 0.3 is 5.69 Å². The Morgan fingerprint density at radius 1 is 1.45 bits per heavy atom. The summed E-state index contributed by atoms with van der Waals surface area (Å²) in [5, 5.41) is 13.9. The Bertz CT molecular complexity index is 646. The van der Waals surface area contributed by atoms with Gasteiger partial charge < -0.3 is 10.1 Å². The molecule has 0 aliphatic carbocycles. The van der Waals surface area contributed by atoms with E-state index in [-0.39, 0.29) is 34.8 Å². The predicted molar refractivity (Wildman–Crippen MR) is 83.1 cm³/mol. The molecule has 1 aliphatic rings. The minimum atomic E-state index is -3.71. The second kappa shape index (κ2) is 7.23. The molecular weight excluding hydrogens is 334 g/mol. The molecule has 22 heavy (non-hydrogen) atoms. The van der Waals surface area contributed by atoms with E-state index in [0.29, 0.717) is 6.54 Å². The van der Waals surface area contributed by atoms with Crippen LogP contribution in [-0.4, -0.2) is 50.9 Å². The summed E-state index contributed by atoms with van der Waals surface area (Å²) in [6.45, 7) is 1.37. The van der Waals surface area contributed by atoms with Crippen molar-refractivity contribution in [2.45, 2.75) is 17.4 Å². The molecule has 1 fully saturated rings. The molecule has 2 rings (SSSR count). The fourth-order valence-electron chi connectivity index (χ4n) is 2.28. The van der Waals surface area contributed by atoms with Gasteiger partial charge in [0.2, 0.25) is 10.0 Å². The van der Waals surface area contributed by atoms with E-state index in [9.17, 15) is 18.5 Å². The van der Waals surface area contributed by atoms with E-state index in [1.54, 1.807) is 0 Å². The summed E-state index contributed by atoms with van der Waals surface area (Å²) < 4.78 is 31.3. The fraction of sp³-hybridized carbons (Fsp3) is 0.500. The number of nitro groups is 1. The molecular formula is C12H18ClN3O5S. The molecule has 0 saturated carbocycles. The molecule has 8 nitrogen and oxygen atoms in total. The maximum absolute atomic E-state index is 12.5. The second-order valence-electron chi connectivity index (χ2n) is 4.76. The van der Waals surface area contributed by atoms with Crippen molar-refractivity contribution >= 4 is 28.1 Å². The Morgan fingerprint density at radius 2 is 2.14 bits per heavy atom. The number of nitrogens with one attached hydrogen (secondary N) is 1. The molecule has 0 amide bonds. The van der Waals surface area contributed by atoms with Crippen molar-refractivity contribution in [3.63, 3.8) is 0 Å². The van der Waals surface area contributed by atoms with Crippen LogP contribution in [0, 0.1) is 10.1 Å². The highest BCUT2D eigenvalue weighted by Gasteiger charge is 2.31. The Kier molecular flexibility index (Phi) is 6.12. The molecule has 0 radical (unpaired) electrons. The SMILES string of the molecule is COc1cc(S(=O)(=O)N(C)C2CCNC2)ccc1[N+](=O)[O-].Cl. The molecule has 10 heteroatoms. The molecule has 1 saturated heterocycles. The molecule has 0 spiro atoms. The highest BCUT2D eigenvalue weighted by atomic mass is 35.5. The third-order valence-corrected chi connectivity index (χ3v) is 5.48. The van der Waals surface area contributed by atoms with E-state index in [2.05, 4.69) is 5.32 Å². The number of rotatable bonds is 5. The zero-order valence-electron chi connectivity index (χ0n) is 12.2. The summed E-state index contributed by atoms with van der Waals surface area (Å²) in [6.07, 6.45) is 0.736. The number of hydrogen-bond donors (Lipinski definition) is 1.